The summed E-state index contributed by atoms with van der Waals surface area (Å²) in [4.78, 5) is 1.72. The average molecular weight is 210 g/mol. The van der Waals surface area contributed by atoms with E-state index >= 15 is 0 Å². The van der Waals surface area contributed by atoms with Crippen LogP contribution < -0.4 is 4.90 Å². The van der Waals surface area contributed by atoms with Crippen molar-refractivity contribution < 1.29 is 4.39 Å². The molecule has 0 radical (unpaired) electrons. The Balaban J connectivity index is 2.39. The molecule has 14 heavy (non-hydrogen) atoms. The zero-order chi connectivity index (χ0) is 10.1. The number of benzene rings is 1. The largest absolute Gasteiger partial charge is 0.318 e. The van der Waals surface area contributed by atoms with Crippen molar-refractivity contribution in [3.05, 3.63) is 29.6 Å². The Hall–Kier alpha value is -1.03. The second-order valence-electron chi connectivity index (χ2n) is 3.26. The lowest BCUT2D eigenvalue weighted by Gasteiger charge is -2.17. The van der Waals surface area contributed by atoms with E-state index in [-0.39, 0.29) is 5.82 Å². The van der Waals surface area contributed by atoms with Gasteiger partial charge in [0, 0.05) is 12.3 Å². The van der Waals surface area contributed by atoms with E-state index in [1.54, 1.807) is 17.0 Å². The molecule has 1 aromatic rings. The van der Waals surface area contributed by atoms with E-state index < -0.39 is 0 Å². The van der Waals surface area contributed by atoms with E-state index in [4.69, 9.17) is 5.41 Å². The number of halogens is 1. The fraction of sp³-hybridized carbons (Fsp3) is 0.300. The normalized spacial score (nSPS) is 16.4. The summed E-state index contributed by atoms with van der Waals surface area (Å²) < 4.78 is 13.4. The first-order valence-electron chi connectivity index (χ1n) is 4.43. The Morgan fingerprint density at radius 3 is 2.93 bits per heavy atom. The predicted octanol–water partition coefficient (Wildman–Crippen LogP) is 2.62. The Bertz CT molecular complexity index is 378. The summed E-state index contributed by atoms with van der Waals surface area (Å²) in [5.41, 5.74) is 1.55. The van der Waals surface area contributed by atoms with Gasteiger partial charge in [0.05, 0.1) is 5.69 Å². The lowest BCUT2D eigenvalue weighted by atomic mass is 10.2. The molecule has 0 amide bonds. The molecule has 0 spiro atoms. The summed E-state index contributed by atoms with van der Waals surface area (Å²) in [6, 6.07) is 4.99. The van der Waals surface area contributed by atoms with Crippen molar-refractivity contribution in [3.8, 4) is 0 Å². The van der Waals surface area contributed by atoms with Gasteiger partial charge in [-0.1, -0.05) is 17.8 Å². The van der Waals surface area contributed by atoms with Gasteiger partial charge in [-0.3, -0.25) is 5.41 Å². The van der Waals surface area contributed by atoms with Crippen LogP contribution in [0.4, 0.5) is 10.1 Å². The van der Waals surface area contributed by atoms with Crippen LogP contribution in [0.1, 0.15) is 5.56 Å². The summed E-state index contributed by atoms with van der Waals surface area (Å²) in [5.74, 6) is 0.620. The molecule has 0 aromatic heterocycles. The Morgan fingerprint density at radius 2 is 2.29 bits per heavy atom. The summed E-state index contributed by atoms with van der Waals surface area (Å²) in [6.45, 7) is 2.65. The molecular formula is C10H11FN2S. The molecule has 1 aliphatic rings. The molecule has 0 saturated carbocycles. The van der Waals surface area contributed by atoms with Gasteiger partial charge < -0.3 is 4.90 Å². The lowest BCUT2D eigenvalue weighted by Crippen LogP contribution is -2.23. The first kappa shape index (κ1) is 9.52. The second-order valence-corrected chi connectivity index (χ2v) is 4.34. The van der Waals surface area contributed by atoms with Gasteiger partial charge in [-0.15, -0.1) is 0 Å². The van der Waals surface area contributed by atoms with E-state index in [0.29, 0.717) is 10.9 Å². The first-order valence-corrected chi connectivity index (χ1v) is 5.42. The van der Waals surface area contributed by atoms with Gasteiger partial charge >= 0.3 is 0 Å². The molecule has 1 N–H and O–H groups in total. The highest BCUT2D eigenvalue weighted by Crippen LogP contribution is 2.27. The Kier molecular flexibility index (Phi) is 2.46. The third kappa shape index (κ3) is 1.62. The highest BCUT2D eigenvalue weighted by atomic mass is 32.2. The van der Waals surface area contributed by atoms with Crippen LogP contribution in [0.15, 0.2) is 18.2 Å². The predicted molar refractivity (Wildman–Crippen MR) is 58.7 cm³/mol. The number of anilines is 1. The van der Waals surface area contributed by atoms with Gasteiger partial charge in [-0.05, 0) is 24.6 Å². The van der Waals surface area contributed by atoms with Crippen molar-refractivity contribution in [1.82, 2.24) is 0 Å². The minimum Gasteiger partial charge on any atom is -0.318 e. The summed E-state index contributed by atoms with van der Waals surface area (Å²) in [6.07, 6.45) is 0. The van der Waals surface area contributed by atoms with Crippen LogP contribution in [0.3, 0.4) is 0 Å². The number of aryl methyl sites for hydroxylation is 1. The van der Waals surface area contributed by atoms with Crippen molar-refractivity contribution >= 4 is 22.6 Å². The number of nitrogens with zero attached hydrogens (tertiary/aromatic N) is 1. The van der Waals surface area contributed by atoms with Gasteiger partial charge in [0.1, 0.15) is 5.82 Å². The van der Waals surface area contributed by atoms with Crippen molar-refractivity contribution in [1.29, 1.82) is 5.41 Å². The third-order valence-corrected chi connectivity index (χ3v) is 3.07. The van der Waals surface area contributed by atoms with Crippen molar-refractivity contribution in [3.63, 3.8) is 0 Å². The molecule has 1 aromatic carbocycles. The quantitative estimate of drug-likeness (QED) is 0.771. The first-order chi connectivity index (χ1) is 6.68. The molecule has 1 aliphatic heterocycles. The molecule has 1 saturated heterocycles. The topological polar surface area (TPSA) is 27.1 Å². The molecule has 0 bridgehead atoms. The Labute approximate surface area is 86.6 Å². The number of thioether (sulfide) groups is 1. The van der Waals surface area contributed by atoms with Gasteiger partial charge in [0.2, 0.25) is 0 Å². The zero-order valence-corrected chi connectivity index (χ0v) is 8.70. The SMILES string of the molecule is Cc1ccc(F)c(N2CCSC2=N)c1. The maximum atomic E-state index is 13.4. The monoisotopic (exact) mass is 210 g/mol. The van der Waals surface area contributed by atoms with Gasteiger partial charge in [-0.25, -0.2) is 4.39 Å². The van der Waals surface area contributed by atoms with E-state index in [0.717, 1.165) is 17.9 Å². The number of rotatable bonds is 1. The van der Waals surface area contributed by atoms with Crippen LogP contribution in [0.5, 0.6) is 0 Å². The molecule has 4 heteroatoms. The summed E-state index contributed by atoms with van der Waals surface area (Å²) >= 11 is 1.46. The smallest absolute Gasteiger partial charge is 0.161 e. The molecule has 2 rings (SSSR count). The zero-order valence-electron chi connectivity index (χ0n) is 7.88. The molecule has 1 heterocycles. The highest BCUT2D eigenvalue weighted by molar-refractivity contribution is 8.14. The van der Waals surface area contributed by atoms with Crippen LogP contribution in [0.25, 0.3) is 0 Å². The van der Waals surface area contributed by atoms with Crippen LogP contribution in [-0.4, -0.2) is 17.5 Å². The van der Waals surface area contributed by atoms with Crippen LogP contribution in [0, 0.1) is 18.2 Å². The van der Waals surface area contributed by atoms with E-state index in [1.165, 1.54) is 17.8 Å². The molecule has 2 nitrogen and oxygen atoms in total. The highest BCUT2D eigenvalue weighted by Gasteiger charge is 2.21. The van der Waals surface area contributed by atoms with Crippen LogP contribution in [0.2, 0.25) is 0 Å². The maximum absolute atomic E-state index is 13.4. The standard InChI is InChI=1S/C10H11FN2S/c1-7-2-3-8(11)9(6-7)13-4-5-14-10(13)12/h2-3,6,12H,4-5H2,1H3. The third-order valence-electron chi connectivity index (χ3n) is 2.19. The molecule has 0 atom stereocenters. The fourth-order valence-electron chi connectivity index (χ4n) is 1.47. The molecule has 74 valence electrons. The van der Waals surface area contributed by atoms with Crippen molar-refractivity contribution in [2.24, 2.45) is 0 Å². The molecule has 0 aliphatic carbocycles. The van der Waals surface area contributed by atoms with Crippen molar-refractivity contribution in [2.75, 3.05) is 17.2 Å². The van der Waals surface area contributed by atoms with Crippen LogP contribution in [-0.2, 0) is 0 Å². The van der Waals surface area contributed by atoms with E-state index in [1.807, 2.05) is 6.92 Å². The second kappa shape index (κ2) is 3.61. The number of nitrogens with one attached hydrogen (secondary N) is 1. The fourth-order valence-corrected chi connectivity index (χ4v) is 2.29. The molecular weight excluding hydrogens is 199 g/mol. The minimum absolute atomic E-state index is 0.247. The number of hydrogen-bond donors (Lipinski definition) is 1. The average Bonchev–Trinajstić information content (AvgIpc) is 2.56. The minimum atomic E-state index is -0.247. The number of hydrogen-bond acceptors (Lipinski definition) is 2. The molecule has 0 unspecified atom stereocenters. The summed E-state index contributed by atoms with van der Waals surface area (Å²) in [7, 11) is 0. The lowest BCUT2D eigenvalue weighted by molar-refractivity contribution is 0.626. The van der Waals surface area contributed by atoms with Gasteiger partial charge in [0.25, 0.3) is 0 Å². The maximum Gasteiger partial charge on any atom is 0.161 e. The number of amidine groups is 1. The Morgan fingerprint density at radius 1 is 1.50 bits per heavy atom. The summed E-state index contributed by atoms with van der Waals surface area (Å²) in [5, 5.41) is 8.07. The van der Waals surface area contributed by atoms with Gasteiger partial charge in [0.15, 0.2) is 5.17 Å². The molecule has 1 fully saturated rings. The van der Waals surface area contributed by atoms with E-state index in [2.05, 4.69) is 0 Å². The van der Waals surface area contributed by atoms with Gasteiger partial charge in [-0.2, -0.15) is 0 Å². The van der Waals surface area contributed by atoms with Crippen LogP contribution >= 0.6 is 11.8 Å². The van der Waals surface area contributed by atoms with E-state index in [9.17, 15) is 4.39 Å². The van der Waals surface area contributed by atoms with Crippen molar-refractivity contribution in [2.45, 2.75) is 6.92 Å².